The molecule has 1 aliphatic carbocycles. The van der Waals surface area contributed by atoms with Gasteiger partial charge in [0.25, 0.3) is 0 Å². The zero-order valence-electron chi connectivity index (χ0n) is 15.1. The minimum absolute atomic E-state index is 0.121. The van der Waals surface area contributed by atoms with Crippen LogP contribution in [0.2, 0.25) is 0 Å². The van der Waals surface area contributed by atoms with Crippen molar-refractivity contribution in [2.75, 3.05) is 7.11 Å². The number of fused-ring (bicyclic) bond motifs is 1. The van der Waals surface area contributed by atoms with Crippen molar-refractivity contribution in [3.05, 3.63) is 29.3 Å². The number of methoxy groups -OCH3 is 1. The summed E-state index contributed by atoms with van der Waals surface area (Å²) in [5.41, 5.74) is 1.93. The molecule has 1 aliphatic rings. The number of hydrogen-bond acceptors (Lipinski definition) is 2. The average Bonchev–Trinajstić information content (AvgIpc) is 2.58. The molecular formula is C21H32O2. The Bertz CT molecular complexity index is 509. The lowest BCUT2D eigenvalue weighted by atomic mass is 9.65. The van der Waals surface area contributed by atoms with Gasteiger partial charge >= 0.3 is 0 Å². The molecule has 128 valence electrons. The van der Waals surface area contributed by atoms with Crippen LogP contribution < -0.4 is 4.74 Å². The third-order valence-electron chi connectivity index (χ3n) is 5.45. The standard InChI is InChI=1S/C21H32O2/c1-4-6-8-14-21(15-9-7-5-2)16-13-17-18(20(21)22)11-10-12-19(17)23-3/h10-12H,4-9,13-16H2,1-3H3. The van der Waals surface area contributed by atoms with E-state index in [0.29, 0.717) is 5.78 Å². The Balaban J connectivity index is 2.26. The first kappa shape index (κ1) is 18.0. The Hall–Kier alpha value is -1.31. The number of ether oxygens (including phenoxy) is 1. The molecule has 0 saturated carbocycles. The fraction of sp³-hybridized carbons (Fsp3) is 0.667. The van der Waals surface area contributed by atoms with E-state index in [2.05, 4.69) is 13.8 Å². The largest absolute Gasteiger partial charge is 0.496 e. The highest BCUT2D eigenvalue weighted by atomic mass is 16.5. The van der Waals surface area contributed by atoms with Crippen LogP contribution in [0, 0.1) is 5.41 Å². The smallest absolute Gasteiger partial charge is 0.169 e. The van der Waals surface area contributed by atoms with Gasteiger partial charge in [0.15, 0.2) is 5.78 Å². The SMILES string of the molecule is CCCCCC1(CCCCC)CCc2c(OC)cccc2C1=O. The summed E-state index contributed by atoms with van der Waals surface area (Å²) >= 11 is 0. The van der Waals surface area contributed by atoms with E-state index in [1.165, 1.54) is 38.5 Å². The second kappa shape index (κ2) is 8.52. The second-order valence-corrected chi connectivity index (χ2v) is 7.01. The van der Waals surface area contributed by atoms with Crippen molar-refractivity contribution < 1.29 is 9.53 Å². The summed E-state index contributed by atoms with van der Waals surface area (Å²) in [5, 5.41) is 0. The van der Waals surface area contributed by atoms with E-state index >= 15 is 0 Å². The molecule has 0 aliphatic heterocycles. The van der Waals surface area contributed by atoms with Crippen LogP contribution in [0.3, 0.4) is 0 Å². The van der Waals surface area contributed by atoms with Gasteiger partial charge in [0.2, 0.25) is 0 Å². The molecule has 0 spiro atoms. The molecule has 2 rings (SSSR count). The van der Waals surface area contributed by atoms with Crippen LogP contribution in [0.4, 0.5) is 0 Å². The number of carbonyl (C=O) groups is 1. The van der Waals surface area contributed by atoms with Crippen molar-refractivity contribution in [3.63, 3.8) is 0 Å². The molecule has 2 nitrogen and oxygen atoms in total. The minimum Gasteiger partial charge on any atom is -0.496 e. The lowest BCUT2D eigenvalue weighted by Crippen LogP contribution is -2.36. The van der Waals surface area contributed by atoms with Gasteiger partial charge in [-0.1, -0.05) is 64.5 Å². The Morgan fingerprint density at radius 2 is 1.70 bits per heavy atom. The number of ketones is 1. The molecule has 0 saturated heterocycles. The van der Waals surface area contributed by atoms with Crippen molar-refractivity contribution in [1.29, 1.82) is 0 Å². The predicted octanol–water partition coefficient (Wildman–Crippen LogP) is 5.97. The monoisotopic (exact) mass is 316 g/mol. The minimum atomic E-state index is -0.121. The molecule has 0 fully saturated rings. The maximum atomic E-state index is 13.3. The van der Waals surface area contributed by atoms with Crippen LogP contribution >= 0.6 is 0 Å². The van der Waals surface area contributed by atoms with E-state index in [1.54, 1.807) is 7.11 Å². The summed E-state index contributed by atoms with van der Waals surface area (Å²) in [6, 6.07) is 5.95. The lowest BCUT2D eigenvalue weighted by molar-refractivity contribution is 0.0704. The fourth-order valence-corrected chi connectivity index (χ4v) is 4.02. The first-order valence-corrected chi connectivity index (χ1v) is 9.39. The summed E-state index contributed by atoms with van der Waals surface area (Å²) in [6.45, 7) is 4.46. The van der Waals surface area contributed by atoms with Gasteiger partial charge < -0.3 is 4.74 Å². The molecule has 0 atom stereocenters. The molecule has 0 amide bonds. The van der Waals surface area contributed by atoms with Crippen LogP contribution in [0.15, 0.2) is 18.2 Å². The quantitative estimate of drug-likeness (QED) is 0.524. The number of rotatable bonds is 9. The zero-order valence-corrected chi connectivity index (χ0v) is 15.1. The van der Waals surface area contributed by atoms with Crippen LogP contribution in [-0.2, 0) is 6.42 Å². The summed E-state index contributed by atoms with van der Waals surface area (Å²) in [5.74, 6) is 1.26. The van der Waals surface area contributed by atoms with E-state index in [0.717, 1.165) is 42.6 Å². The Kier molecular flexibility index (Phi) is 6.68. The van der Waals surface area contributed by atoms with Gasteiger partial charge in [0, 0.05) is 16.5 Å². The maximum Gasteiger partial charge on any atom is 0.169 e. The topological polar surface area (TPSA) is 26.3 Å². The van der Waals surface area contributed by atoms with Gasteiger partial charge in [-0.15, -0.1) is 0 Å². The predicted molar refractivity (Wildman–Crippen MR) is 96.4 cm³/mol. The van der Waals surface area contributed by atoms with Crippen molar-refractivity contribution in [1.82, 2.24) is 0 Å². The van der Waals surface area contributed by atoms with Gasteiger partial charge in [-0.25, -0.2) is 0 Å². The molecule has 1 aromatic rings. The molecule has 23 heavy (non-hydrogen) atoms. The van der Waals surface area contributed by atoms with Gasteiger partial charge in [0.05, 0.1) is 7.11 Å². The molecule has 0 aromatic heterocycles. The number of unbranched alkanes of at least 4 members (excludes halogenated alkanes) is 4. The first-order chi connectivity index (χ1) is 11.2. The van der Waals surface area contributed by atoms with Crippen molar-refractivity contribution >= 4 is 5.78 Å². The summed E-state index contributed by atoms with van der Waals surface area (Å²) in [4.78, 5) is 13.3. The fourth-order valence-electron chi connectivity index (χ4n) is 4.02. The van der Waals surface area contributed by atoms with Gasteiger partial charge in [0.1, 0.15) is 5.75 Å². The van der Waals surface area contributed by atoms with E-state index in [4.69, 9.17) is 4.74 Å². The second-order valence-electron chi connectivity index (χ2n) is 7.01. The van der Waals surface area contributed by atoms with E-state index < -0.39 is 0 Å². The highest BCUT2D eigenvalue weighted by Gasteiger charge is 2.41. The van der Waals surface area contributed by atoms with Crippen LogP contribution in [0.25, 0.3) is 0 Å². The van der Waals surface area contributed by atoms with Crippen LogP contribution in [0.5, 0.6) is 5.75 Å². The molecule has 2 heteroatoms. The number of carbonyl (C=O) groups excluding carboxylic acids is 1. The van der Waals surface area contributed by atoms with Crippen molar-refractivity contribution in [2.45, 2.75) is 78.1 Å². The molecule has 1 aromatic carbocycles. The average molecular weight is 316 g/mol. The first-order valence-electron chi connectivity index (χ1n) is 9.39. The van der Waals surface area contributed by atoms with Crippen LogP contribution in [0.1, 0.15) is 87.6 Å². The third kappa shape index (κ3) is 3.97. The van der Waals surface area contributed by atoms with Crippen LogP contribution in [-0.4, -0.2) is 12.9 Å². The molecule has 0 radical (unpaired) electrons. The van der Waals surface area contributed by atoms with E-state index in [9.17, 15) is 4.79 Å². The molecular weight excluding hydrogens is 284 g/mol. The number of benzene rings is 1. The zero-order chi connectivity index (χ0) is 16.7. The van der Waals surface area contributed by atoms with Gasteiger partial charge in [-0.05, 0) is 31.7 Å². The van der Waals surface area contributed by atoms with E-state index in [1.807, 2.05) is 18.2 Å². The highest BCUT2D eigenvalue weighted by molar-refractivity contribution is 6.03. The Morgan fingerprint density at radius 1 is 1.04 bits per heavy atom. The molecule has 0 N–H and O–H groups in total. The van der Waals surface area contributed by atoms with Crippen molar-refractivity contribution in [3.8, 4) is 5.75 Å². The van der Waals surface area contributed by atoms with Crippen molar-refractivity contribution in [2.24, 2.45) is 5.41 Å². The molecule has 0 bridgehead atoms. The number of hydrogen-bond donors (Lipinski definition) is 0. The highest BCUT2D eigenvalue weighted by Crippen LogP contribution is 2.45. The third-order valence-corrected chi connectivity index (χ3v) is 5.45. The normalized spacial score (nSPS) is 16.2. The number of Topliss-reactive ketones (excluding diaryl/α,β-unsaturated/α-hetero) is 1. The Labute approximate surface area is 141 Å². The summed E-state index contributed by atoms with van der Waals surface area (Å²) < 4.78 is 5.47. The van der Waals surface area contributed by atoms with Gasteiger partial charge in [-0.2, -0.15) is 0 Å². The van der Waals surface area contributed by atoms with E-state index in [-0.39, 0.29) is 5.41 Å². The van der Waals surface area contributed by atoms with Gasteiger partial charge in [-0.3, -0.25) is 4.79 Å². The molecule has 0 heterocycles. The molecule has 0 unspecified atom stereocenters. The Morgan fingerprint density at radius 3 is 2.26 bits per heavy atom. The summed E-state index contributed by atoms with van der Waals surface area (Å²) in [6.07, 6.45) is 11.3. The lowest BCUT2D eigenvalue weighted by Gasteiger charge is -2.37. The maximum absolute atomic E-state index is 13.3. The summed E-state index contributed by atoms with van der Waals surface area (Å²) in [7, 11) is 1.70.